The average Bonchev–Trinajstić information content (AvgIpc) is 2.98. The Balaban J connectivity index is 1.75. The van der Waals surface area contributed by atoms with E-state index in [-0.39, 0.29) is 0 Å². The Morgan fingerprint density at radius 1 is 1.25 bits per heavy atom. The number of methoxy groups -OCH3 is 1. The first-order valence-electron chi connectivity index (χ1n) is 6.96. The van der Waals surface area contributed by atoms with Crippen molar-refractivity contribution in [1.82, 2.24) is 10.2 Å². The van der Waals surface area contributed by atoms with E-state index >= 15 is 0 Å². The van der Waals surface area contributed by atoms with Gasteiger partial charge in [-0.25, -0.2) is 0 Å². The molecule has 1 aliphatic heterocycles. The number of ether oxygens (including phenoxy) is 1. The zero-order valence-corrected chi connectivity index (χ0v) is 11.7. The maximum Gasteiger partial charge on any atom is 0.150 e. The van der Waals surface area contributed by atoms with Gasteiger partial charge in [0.15, 0.2) is 5.82 Å². The lowest BCUT2D eigenvalue weighted by Crippen LogP contribution is -2.39. The molecule has 106 valence electrons. The molecule has 5 heteroatoms. The largest absolute Gasteiger partial charge is 0.497 e. The summed E-state index contributed by atoms with van der Waals surface area (Å²) in [5.41, 5.74) is 8.07. The molecule has 0 saturated carbocycles. The van der Waals surface area contributed by atoms with Crippen LogP contribution < -0.4 is 15.4 Å². The molecule has 2 heterocycles. The number of nitrogens with two attached hydrogens (primary N) is 1. The van der Waals surface area contributed by atoms with E-state index in [1.54, 1.807) is 7.11 Å². The van der Waals surface area contributed by atoms with Crippen LogP contribution in [-0.2, 0) is 0 Å². The van der Waals surface area contributed by atoms with Crippen LogP contribution in [0.1, 0.15) is 12.8 Å². The number of hydrogen-bond donors (Lipinski definition) is 2. The summed E-state index contributed by atoms with van der Waals surface area (Å²) in [7, 11) is 1.67. The first-order valence-corrected chi connectivity index (χ1v) is 6.96. The molecule has 20 heavy (non-hydrogen) atoms. The van der Waals surface area contributed by atoms with Gasteiger partial charge >= 0.3 is 0 Å². The fourth-order valence-electron chi connectivity index (χ4n) is 2.52. The van der Waals surface area contributed by atoms with Crippen molar-refractivity contribution in [2.75, 3.05) is 25.1 Å². The van der Waals surface area contributed by atoms with E-state index in [0.29, 0.717) is 6.04 Å². The highest BCUT2D eigenvalue weighted by molar-refractivity contribution is 5.64. The maximum atomic E-state index is 5.93. The first-order chi connectivity index (χ1) is 9.76. The van der Waals surface area contributed by atoms with Gasteiger partial charge in [0, 0.05) is 25.2 Å². The van der Waals surface area contributed by atoms with E-state index in [1.807, 2.05) is 24.3 Å². The third-order valence-electron chi connectivity index (χ3n) is 3.83. The van der Waals surface area contributed by atoms with Crippen molar-refractivity contribution < 1.29 is 4.74 Å². The molecule has 0 bridgehead atoms. The number of nitrogens with one attached hydrogen (secondary N) is 1. The van der Waals surface area contributed by atoms with Gasteiger partial charge in [0.2, 0.25) is 0 Å². The van der Waals surface area contributed by atoms with Gasteiger partial charge in [0.05, 0.1) is 12.8 Å². The van der Waals surface area contributed by atoms with Gasteiger partial charge in [0.1, 0.15) is 5.75 Å². The molecule has 2 aromatic rings. The van der Waals surface area contributed by atoms with Crippen molar-refractivity contribution in [3.63, 3.8) is 0 Å². The highest BCUT2D eigenvalue weighted by Crippen LogP contribution is 2.25. The minimum absolute atomic E-state index is 0.339. The van der Waals surface area contributed by atoms with E-state index in [4.69, 9.17) is 10.5 Å². The Morgan fingerprint density at radius 3 is 2.60 bits per heavy atom. The minimum Gasteiger partial charge on any atom is -0.497 e. The van der Waals surface area contributed by atoms with Crippen LogP contribution in [0, 0.1) is 0 Å². The Kier molecular flexibility index (Phi) is 3.60. The SMILES string of the molecule is COc1ccc(-c2cc(N3CCC(N)CC3)n[nH]2)cc1. The second-order valence-corrected chi connectivity index (χ2v) is 5.19. The van der Waals surface area contributed by atoms with Crippen LogP contribution in [0.4, 0.5) is 5.82 Å². The Hall–Kier alpha value is -2.01. The lowest BCUT2D eigenvalue weighted by Gasteiger charge is -2.29. The quantitative estimate of drug-likeness (QED) is 0.897. The predicted octanol–water partition coefficient (Wildman–Crippen LogP) is 2.01. The molecule has 0 spiro atoms. The van der Waals surface area contributed by atoms with Crippen LogP contribution in [-0.4, -0.2) is 36.4 Å². The number of rotatable bonds is 3. The van der Waals surface area contributed by atoms with E-state index in [0.717, 1.165) is 48.8 Å². The van der Waals surface area contributed by atoms with Crippen LogP contribution in [0.2, 0.25) is 0 Å². The molecular weight excluding hydrogens is 252 g/mol. The fraction of sp³-hybridized carbons (Fsp3) is 0.400. The molecule has 1 saturated heterocycles. The maximum absolute atomic E-state index is 5.93. The highest BCUT2D eigenvalue weighted by Gasteiger charge is 2.18. The number of anilines is 1. The summed E-state index contributed by atoms with van der Waals surface area (Å²) in [5, 5.41) is 7.52. The standard InChI is InChI=1S/C15H20N4O/c1-20-13-4-2-11(3-5-13)14-10-15(18-17-14)19-8-6-12(16)7-9-19/h2-5,10,12H,6-9,16H2,1H3,(H,17,18). The normalized spacial score (nSPS) is 16.4. The van der Waals surface area contributed by atoms with Gasteiger partial charge in [-0.1, -0.05) is 0 Å². The summed E-state index contributed by atoms with van der Waals surface area (Å²) in [5.74, 6) is 1.86. The molecule has 3 rings (SSSR count). The number of nitrogens with zero attached hydrogens (tertiary/aromatic N) is 2. The van der Waals surface area contributed by atoms with Gasteiger partial charge in [-0.3, -0.25) is 5.10 Å². The molecular formula is C15H20N4O. The minimum atomic E-state index is 0.339. The van der Waals surface area contributed by atoms with E-state index in [1.165, 1.54) is 0 Å². The molecule has 0 unspecified atom stereocenters. The third-order valence-corrected chi connectivity index (χ3v) is 3.83. The van der Waals surface area contributed by atoms with Crippen molar-refractivity contribution in [3.8, 4) is 17.0 Å². The highest BCUT2D eigenvalue weighted by atomic mass is 16.5. The summed E-state index contributed by atoms with van der Waals surface area (Å²) in [6.07, 6.45) is 2.06. The Morgan fingerprint density at radius 2 is 1.95 bits per heavy atom. The molecule has 0 atom stereocenters. The van der Waals surface area contributed by atoms with Gasteiger partial charge in [0.25, 0.3) is 0 Å². The molecule has 0 radical (unpaired) electrons. The van der Waals surface area contributed by atoms with E-state index in [9.17, 15) is 0 Å². The van der Waals surface area contributed by atoms with Crippen molar-refractivity contribution in [1.29, 1.82) is 0 Å². The van der Waals surface area contributed by atoms with Gasteiger partial charge in [-0.05, 0) is 42.7 Å². The lowest BCUT2D eigenvalue weighted by atomic mass is 10.1. The summed E-state index contributed by atoms with van der Waals surface area (Å²) < 4.78 is 5.17. The van der Waals surface area contributed by atoms with Gasteiger partial charge < -0.3 is 15.4 Å². The Bertz CT molecular complexity index is 556. The number of aromatic nitrogens is 2. The fourth-order valence-corrected chi connectivity index (χ4v) is 2.52. The average molecular weight is 272 g/mol. The lowest BCUT2D eigenvalue weighted by molar-refractivity contribution is 0.415. The monoisotopic (exact) mass is 272 g/mol. The molecule has 1 fully saturated rings. The molecule has 1 aliphatic rings. The number of hydrogen-bond acceptors (Lipinski definition) is 4. The third kappa shape index (κ3) is 2.63. The Labute approximate surface area is 118 Å². The predicted molar refractivity (Wildman–Crippen MR) is 80.0 cm³/mol. The number of H-pyrrole nitrogens is 1. The first kappa shape index (κ1) is 13.0. The summed E-state index contributed by atoms with van der Waals surface area (Å²) >= 11 is 0. The van der Waals surface area contributed by atoms with E-state index < -0.39 is 0 Å². The topological polar surface area (TPSA) is 67.2 Å². The summed E-state index contributed by atoms with van der Waals surface area (Å²) in [4.78, 5) is 2.28. The van der Waals surface area contributed by atoms with Crippen LogP contribution >= 0.6 is 0 Å². The molecule has 1 aromatic carbocycles. The number of aromatic amines is 1. The summed E-state index contributed by atoms with van der Waals surface area (Å²) in [6, 6.07) is 10.4. The van der Waals surface area contributed by atoms with Gasteiger partial charge in [-0.2, -0.15) is 5.10 Å². The van der Waals surface area contributed by atoms with Crippen molar-refractivity contribution in [2.24, 2.45) is 5.73 Å². The molecule has 0 amide bonds. The van der Waals surface area contributed by atoms with Crippen LogP contribution in [0.25, 0.3) is 11.3 Å². The number of piperidine rings is 1. The van der Waals surface area contributed by atoms with Crippen molar-refractivity contribution >= 4 is 5.82 Å². The number of benzene rings is 1. The second-order valence-electron chi connectivity index (χ2n) is 5.19. The van der Waals surface area contributed by atoms with E-state index in [2.05, 4.69) is 21.2 Å². The van der Waals surface area contributed by atoms with Crippen molar-refractivity contribution in [3.05, 3.63) is 30.3 Å². The second kappa shape index (κ2) is 5.54. The van der Waals surface area contributed by atoms with Crippen LogP contribution in [0.3, 0.4) is 0 Å². The zero-order valence-electron chi connectivity index (χ0n) is 11.7. The van der Waals surface area contributed by atoms with Gasteiger partial charge in [-0.15, -0.1) is 0 Å². The smallest absolute Gasteiger partial charge is 0.150 e. The molecule has 0 aliphatic carbocycles. The summed E-state index contributed by atoms with van der Waals surface area (Å²) in [6.45, 7) is 1.96. The zero-order chi connectivity index (χ0) is 13.9. The van der Waals surface area contributed by atoms with Crippen LogP contribution in [0.15, 0.2) is 30.3 Å². The molecule has 1 aromatic heterocycles. The van der Waals surface area contributed by atoms with Crippen LogP contribution in [0.5, 0.6) is 5.75 Å². The molecule has 5 nitrogen and oxygen atoms in total. The van der Waals surface area contributed by atoms with Crippen molar-refractivity contribution in [2.45, 2.75) is 18.9 Å². The molecule has 3 N–H and O–H groups in total.